The van der Waals surface area contributed by atoms with Crippen LogP contribution in [0.2, 0.25) is 0 Å². The molecule has 0 spiro atoms. The average molecular weight is 286 g/mol. The fraction of sp³-hybridized carbons (Fsp3) is 0.533. The Bertz CT molecular complexity index is 637. The SMILES string of the molecule is N#Cc1cc2c(nc1N1CCC(N)(C(=O)O)C1)CCCC2. The molecule has 1 aliphatic heterocycles. The molecule has 3 rings (SSSR count). The van der Waals surface area contributed by atoms with Crippen LogP contribution in [-0.2, 0) is 17.6 Å². The molecule has 6 nitrogen and oxygen atoms in total. The van der Waals surface area contributed by atoms with Crippen LogP contribution in [0.15, 0.2) is 6.07 Å². The van der Waals surface area contributed by atoms with Crippen molar-refractivity contribution in [3.05, 3.63) is 22.9 Å². The van der Waals surface area contributed by atoms with Crippen molar-refractivity contribution in [2.45, 2.75) is 37.6 Å². The monoisotopic (exact) mass is 286 g/mol. The first-order chi connectivity index (χ1) is 10.0. The molecule has 1 aromatic rings. The van der Waals surface area contributed by atoms with E-state index in [0.29, 0.717) is 24.3 Å². The Labute approximate surface area is 123 Å². The van der Waals surface area contributed by atoms with E-state index in [4.69, 9.17) is 5.73 Å². The molecule has 1 aromatic heterocycles. The summed E-state index contributed by atoms with van der Waals surface area (Å²) >= 11 is 0. The summed E-state index contributed by atoms with van der Waals surface area (Å²) in [5, 5.41) is 18.6. The zero-order valence-corrected chi connectivity index (χ0v) is 11.8. The number of nitrogens with zero attached hydrogens (tertiary/aromatic N) is 3. The maximum Gasteiger partial charge on any atom is 0.325 e. The number of fused-ring (bicyclic) bond motifs is 1. The lowest BCUT2D eigenvalue weighted by atomic mass is 9.95. The quantitative estimate of drug-likeness (QED) is 0.834. The lowest BCUT2D eigenvalue weighted by Gasteiger charge is -2.24. The molecule has 1 saturated heterocycles. The number of hydrogen-bond acceptors (Lipinski definition) is 5. The third-order valence-corrected chi connectivity index (χ3v) is 4.43. The van der Waals surface area contributed by atoms with Gasteiger partial charge in [0.25, 0.3) is 0 Å². The van der Waals surface area contributed by atoms with Gasteiger partial charge >= 0.3 is 5.97 Å². The van der Waals surface area contributed by atoms with Gasteiger partial charge in [0.2, 0.25) is 0 Å². The number of rotatable bonds is 2. The highest BCUT2D eigenvalue weighted by Gasteiger charge is 2.42. The highest BCUT2D eigenvalue weighted by atomic mass is 16.4. The molecular formula is C15H18N4O2. The van der Waals surface area contributed by atoms with E-state index in [9.17, 15) is 15.2 Å². The van der Waals surface area contributed by atoms with Crippen LogP contribution in [0.3, 0.4) is 0 Å². The predicted octanol–water partition coefficient (Wildman–Crippen LogP) is 0.824. The summed E-state index contributed by atoms with van der Waals surface area (Å²) in [4.78, 5) is 17.7. The number of nitrogens with two attached hydrogens (primary N) is 1. The zero-order valence-electron chi connectivity index (χ0n) is 11.8. The topological polar surface area (TPSA) is 103 Å². The highest BCUT2D eigenvalue weighted by Crippen LogP contribution is 2.30. The molecule has 2 aliphatic rings. The summed E-state index contributed by atoms with van der Waals surface area (Å²) in [6.07, 6.45) is 4.50. The molecule has 21 heavy (non-hydrogen) atoms. The van der Waals surface area contributed by atoms with Crippen LogP contribution in [0.4, 0.5) is 5.82 Å². The van der Waals surface area contributed by atoms with Crippen molar-refractivity contribution in [3.63, 3.8) is 0 Å². The van der Waals surface area contributed by atoms with Crippen molar-refractivity contribution in [1.82, 2.24) is 4.98 Å². The summed E-state index contributed by atoms with van der Waals surface area (Å²) in [5.74, 6) is -0.409. The average Bonchev–Trinajstić information content (AvgIpc) is 2.89. The van der Waals surface area contributed by atoms with Gasteiger partial charge in [-0.25, -0.2) is 4.98 Å². The minimum atomic E-state index is -1.25. The van der Waals surface area contributed by atoms with Gasteiger partial charge < -0.3 is 15.7 Å². The van der Waals surface area contributed by atoms with Gasteiger partial charge in [0.05, 0.1) is 5.56 Å². The Hall–Kier alpha value is -2.13. The van der Waals surface area contributed by atoms with Gasteiger partial charge in [0.15, 0.2) is 0 Å². The number of carboxylic acids is 1. The van der Waals surface area contributed by atoms with Gasteiger partial charge in [-0.2, -0.15) is 5.26 Å². The smallest absolute Gasteiger partial charge is 0.325 e. The maximum atomic E-state index is 11.3. The molecule has 0 aromatic carbocycles. The molecule has 110 valence electrons. The van der Waals surface area contributed by atoms with Crippen LogP contribution >= 0.6 is 0 Å². The van der Waals surface area contributed by atoms with Crippen molar-refractivity contribution >= 4 is 11.8 Å². The first-order valence-electron chi connectivity index (χ1n) is 7.23. The first-order valence-corrected chi connectivity index (χ1v) is 7.23. The number of carboxylic acid groups (broad SMARTS) is 1. The molecule has 0 bridgehead atoms. The molecule has 0 radical (unpaired) electrons. The fourth-order valence-electron chi connectivity index (χ4n) is 3.13. The van der Waals surface area contributed by atoms with Crippen LogP contribution in [0, 0.1) is 11.3 Å². The Morgan fingerprint density at radius 1 is 1.48 bits per heavy atom. The third-order valence-electron chi connectivity index (χ3n) is 4.43. The standard InChI is InChI=1S/C15H18N4O2/c16-8-11-7-10-3-1-2-4-12(10)18-13(11)19-6-5-15(17,9-19)14(20)21/h7H,1-6,9,17H2,(H,20,21). The number of aryl methyl sites for hydroxylation is 2. The summed E-state index contributed by atoms with van der Waals surface area (Å²) < 4.78 is 0. The number of carbonyl (C=O) groups is 1. The van der Waals surface area contributed by atoms with E-state index in [0.717, 1.165) is 36.9 Å². The number of aliphatic carboxylic acids is 1. The molecule has 0 saturated carbocycles. The predicted molar refractivity (Wildman–Crippen MR) is 77.0 cm³/mol. The molecule has 1 fully saturated rings. The minimum absolute atomic E-state index is 0.197. The van der Waals surface area contributed by atoms with E-state index in [-0.39, 0.29) is 6.54 Å². The van der Waals surface area contributed by atoms with Gasteiger partial charge in [-0.15, -0.1) is 0 Å². The van der Waals surface area contributed by atoms with Crippen LogP contribution in [-0.4, -0.2) is 34.7 Å². The van der Waals surface area contributed by atoms with Gasteiger partial charge in [0, 0.05) is 18.8 Å². The first kappa shape index (κ1) is 13.8. The minimum Gasteiger partial charge on any atom is -0.480 e. The largest absolute Gasteiger partial charge is 0.480 e. The van der Waals surface area contributed by atoms with Gasteiger partial charge in [-0.3, -0.25) is 4.79 Å². The van der Waals surface area contributed by atoms with E-state index in [1.54, 1.807) is 0 Å². The van der Waals surface area contributed by atoms with Crippen molar-refractivity contribution in [1.29, 1.82) is 5.26 Å². The molecule has 1 aliphatic carbocycles. The van der Waals surface area contributed by atoms with E-state index in [1.807, 2.05) is 11.0 Å². The Morgan fingerprint density at radius 2 is 2.24 bits per heavy atom. The van der Waals surface area contributed by atoms with Crippen molar-refractivity contribution in [3.8, 4) is 6.07 Å². The van der Waals surface area contributed by atoms with E-state index in [2.05, 4.69) is 11.1 Å². The second kappa shape index (κ2) is 5.01. The molecule has 0 amide bonds. The lowest BCUT2D eigenvalue weighted by molar-refractivity contribution is -0.142. The summed E-state index contributed by atoms with van der Waals surface area (Å²) in [5.41, 5.74) is 7.37. The highest BCUT2D eigenvalue weighted by molar-refractivity contribution is 5.80. The molecule has 6 heteroatoms. The van der Waals surface area contributed by atoms with Crippen LogP contribution in [0.5, 0.6) is 0 Å². The molecule has 3 N–H and O–H groups in total. The lowest BCUT2D eigenvalue weighted by Crippen LogP contribution is -2.50. The van der Waals surface area contributed by atoms with Crippen LogP contribution < -0.4 is 10.6 Å². The summed E-state index contributed by atoms with van der Waals surface area (Å²) in [6.45, 7) is 0.714. The number of nitriles is 1. The van der Waals surface area contributed by atoms with Gasteiger partial charge in [-0.1, -0.05) is 0 Å². The second-order valence-corrected chi connectivity index (χ2v) is 5.92. The third kappa shape index (κ3) is 2.34. The van der Waals surface area contributed by atoms with E-state index >= 15 is 0 Å². The molecule has 1 atom stereocenters. The Kier molecular flexibility index (Phi) is 3.30. The Morgan fingerprint density at radius 3 is 2.90 bits per heavy atom. The number of anilines is 1. The van der Waals surface area contributed by atoms with Gasteiger partial charge in [0.1, 0.15) is 17.4 Å². The maximum absolute atomic E-state index is 11.3. The molecular weight excluding hydrogens is 268 g/mol. The zero-order chi connectivity index (χ0) is 15.0. The van der Waals surface area contributed by atoms with Crippen molar-refractivity contribution < 1.29 is 9.90 Å². The van der Waals surface area contributed by atoms with Crippen LogP contribution in [0.25, 0.3) is 0 Å². The normalized spacial score (nSPS) is 24.5. The fourth-order valence-corrected chi connectivity index (χ4v) is 3.13. The number of pyridine rings is 1. The number of hydrogen-bond donors (Lipinski definition) is 2. The Balaban J connectivity index is 1.96. The number of aromatic nitrogens is 1. The van der Waals surface area contributed by atoms with E-state index in [1.165, 1.54) is 0 Å². The van der Waals surface area contributed by atoms with Gasteiger partial charge in [-0.05, 0) is 43.7 Å². The van der Waals surface area contributed by atoms with E-state index < -0.39 is 11.5 Å². The summed E-state index contributed by atoms with van der Waals surface area (Å²) in [7, 11) is 0. The van der Waals surface area contributed by atoms with Crippen molar-refractivity contribution in [2.24, 2.45) is 5.73 Å². The molecule has 1 unspecified atom stereocenters. The second-order valence-electron chi connectivity index (χ2n) is 5.92. The summed E-state index contributed by atoms with van der Waals surface area (Å²) in [6, 6.07) is 4.10. The molecule has 2 heterocycles. The van der Waals surface area contributed by atoms with Crippen molar-refractivity contribution in [2.75, 3.05) is 18.0 Å². The van der Waals surface area contributed by atoms with Crippen LogP contribution in [0.1, 0.15) is 36.1 Å².